The van der Waals surface area contributed by atoms with E-state index < -0.39 is 0 Å². The molecule has 0 saturated heterocycles. The van der Waals surface area contributed by atoms with Crippen LogP contribution in [0.25, 0.3) is 11.6 Å². The predicted octanol–water partition coefficient (Wildman–Crippen LogP) is 0.783. The quantitative estimate of drug-likeness (QED) is 0.774. The lowest BCUT2D eigenvalue weighted by Gasteiger charge is -2.02. The molecule has 2 aromatic heterocycles. The van der Waals surface area contributed by atoms with Crippen molar-refractivity contribution in [1.29, 1.82) is 0 Å². The van der Waals surface area contributed by atoms with Crippen LogP contribution < -0.4 is 5.32 Å². The Morgan fingerprint density at radius 1 is 1.60 bits per heavy atom. The van der Waals surface area contributed by atoms with Gasteiger partial charge >= 0.3 is 0 Å². The molecule has 0 bridgehead atoms. The maximum absolute atomic E-state index is 5.14. The van der Waals surface area contributed by atoms with Gasteiger partial charge in [-0.2, -0.15) is 4.98 Å². The van der Waals surface area contributed by atoms with E-state index in [2.05, 4.69) is 25.4 Å². The SMILES string of the molecule is CNCC(C)c1nc(-c2ncc[nH]2)no1. The molecule has 2 N–H and O–H groups in total. The summed E-state index contributed by atoms with van der Waals surface area (Å²) in [6.45, 7) is 2.83. The Bertz CT molecular complexity index is 408. The highest BCUT2D eigenvalue weighted by Crippen LogP contribution is 2.15. The van der Waals surface area contributed by atoms with Crippen LogP contribution in [0.15, 0.2) is 16.9 Å². The molecule has 2 aromatic rings. The Balaban J connectivity index is 2.17. The van der Waals surface area contributed by atoms with Gasteiger partial charge in [0.05, 0.1) is 0 Å². The summed E-state index contributed by atoms with van der Waals surface area (Å²) in [7, 11) is 1.89. The summed E-state index contributed by atoms with van der Waals surface area (Å²) in [6.07, 6.45) is 3.38. The number of imidazole rings is 1. The number of aromatic nitrogens is 4. The van der Waals surface area contributed by atoms with Crippen molar-refractivity contribution in [2.75, 3.05) is 13.6 Å². The maximum atomic E-state index is 5.14. The lowest BCUT2D eigenvalue weighted by Crippen LogP contribution is -2.14. The lowest BCUT2D eigenvalue weighted by atomic mass is 10.2. The zero-order chi connectivity index (χ0) is 10.7. The number of hydrogen-bond donors (Lipinski definition) is 2. The monoisotopic (exact) mass is 207 g/mol. The zero-order valence-corrected chi connectivity index (χ0v) is 8.69. The van der Waals surface area contributed by atoms with Gasteiger partial charge in [0.15, 0.2) is 5.82 Å². The first-order valence-electron chi connectivity index (χ1n) is 4.79. The molecule has 15 heavy (non-hydrogen) atoms. The van der Waals surface area contributed by atoms with Gasteiger partial charge in [0.2, 0.25) is 11.7 Å². The van der Waals surface area contributed by atoms with Crippen molar-refractivity contribution >= 4 is 0 Å². The maximum Gasteiger partial charge on any atom is 0.238 e. The summed E-state index contributed by atoms with van der Waals surface area (Å²) in [5.41, 5.74) is 0. The average Bonchev–Trinajstić information content (AvgIpc) is 2.89. The molecule has 1 atom stereocenters. The topological polar surface area (TPSA) is 79.6 Å². The molecule has 0 fully saturated rings. The van der Waals surface area contributed by atoms with E-state index in [0.29, 0.717) is 17.5 Å². The van der Waals surface area contributed by atoms with Crippen LogP contribution in [0, 0.1) is 0 Å². The Labute approximate surface area is 87.1 Å². The Kier molecular flexibility index (Phi) is 2.77. The minimum absolute atomic E-state index is 0.200. The van der Waals surface area contributed by atoms with Gasteiger partial charge in [-0.15, -0.1) is 0 Å². The smallest absolute Gasteiger partial charge is 0.238 e. The molecule has 0 aliphatic rings. The second-order valence-corrected chi connectivity index (χ2v) is 3.35. The molecule has 0 spiro atoms. The van der Waals surface area contributed by atoms with Crippen molar-refractivity contribution in [2.24, 2.45) is 0 Å². The van der Waals surface area contributed by atoms with Crippen molar-refractivity contribution in [3.8, 4) is 11.6 Å². The van der Waals surface area contributed by atoms with E-state index in [0.717, 1.165) is 6.54 Å². The van der Waals surface area contributed by atoms with Crippen LogP contribution in [0.2, 0.25) is 0 Å². The molecule has 80 valence electrons. The number of aromatic amines is 1. The number of nitrogens with zero attached hydrogens (tertiary/aromatic N) is 3. The van der Waals surface area contributed by atoms with Crippen LogP contribution in [0.5, 0.6) is 0 Å². The van der Waals surface area contributed by atoms with E-state index in [1.165, 1.54) is 0 Å². The largest absolute Gasteiger partial charge is 0.342 e. The summed E-state index contributed by atoms with van der Waals surface area (Å²) < 4.78 is 5.14. The van der Waals surface area contributed by atoms with Crippen LogP contribution in [-0.4, -0.2) is 33.7 Å². The fourth-order valence-electron chi connectivity index (χ4n) is 1.31. The molecule has 2 heterocycles. The van der Waals surface area contributed by atoms with Crippen LogP contribution in [0.4, 0.5) is 0 Å². The van der Waals surface area contributed by atoms with Crippen LogP contribution in [-0.2, 0) is 0 Å². The highest BCUT2D eigenvalue weighted by Gasteiger charge is 2.15. The molecule has 6 heteroatoms. The van der Waals surface area contributed by atoms with Crippen molar-refractivity contribution < 1.29 is 4.52 Å². The second-order valence-electron chi connectivity index (χ2n) is 3.35. The van der Waals surface area contributed by atoms with Gasteiger partial charge in [0, 0.05) is 24.9 Å². The number of hydrogen-bond acceptors (Lipinski definition) is 5. The molecule has 2 rings (SSSR count). The van der Waals surface area contributed by atoms with Crippen molar-refractivity contribution in [3.05, 3.63) is 18.3 Å². The van der Waals surface area contributed by atoms with Crippen molar-refractivity contribution in [2.45, 2.75) is 12.8 Å². The van der Waals surface area contributed by atoms with E-state index in [4.69, 9.17) is 4.52 Å². The summed E-state index contributed by atoms with van der Waals surface area (Å²) in [4.78, 5) is 11.2. The Hall–Kier alpha value is -1.69. The standard InChI is InChI=1S/C9H13N5O/c1-6(5-10-2)9-13-8(14-15-9)7-11-3-4-12-7/h3-4,6,10H,5H2,1-2H3,(H,11,12). The third-order valence-corrected chi connectivity index (χ3v) is 2.08. The van der Waals surface area contributed by atoms with E-state index in [1.807, 2.05) is 14.0 Å². The molecular weight excluding hydrogens is 194 g/mol. The highest BCUT2D eigenvalue weighted by molar-refractivity contribution is 5.40. The van der Waals surface area contributed by atoms with Crippen LogP contribution >= 0.6 is 0 Å². The Morgan fingerprint density at radius 2 is 2.47 bits per heavy atom. The molecule has 0 aromatic carbocycles. The molecular formula is C9H13N5O. The normalized spacial score (nSPS) is 12.9. The molecule has 0 aliphatic carbocycles. The van der Waals surface area contributed by atoms with Crippen LogP contribution in [0.1, 0.15) is 18.7 Å². The third-order valence-electron chi connectivity index (χ3n) is 2.08. The number of H-pyrrole nitrogens is 1. The fraction of sp³-hybridized carbons (Fsp3) is 0.444. The lowest BCUT2D eigenvalue weighted by molar-refractivity contribution is 0.357. The second kappa shape index (κ2) is 4.22. The van der Waals surface area contributed by atoms with Crippen molar-refractivity contribution in [3.63, 3.8) is 0 Å². The first-order valence-corrected chi connectivity index (χ1v) is 4.79. The number of likely N-dealkylation sites (N-methyl/N-ethyl adjacent to an activating group) is 1. The molecule has 1 unspecified atom stereocenters. The zero-order valence-electron chi connectivity index (χ0n) is 8.69. The van der Waals surface area contributed by atoms with Gasteiger partial charge in [-0.05, 0) is 7.05 Å². The van der Waals surface area contributed by atoms with Gasteiger partial charge in [-0.1, -0.05) is 12.1 Å². The number of rotatable bonds is 4. The minimum Gasteiger partial charge on any atom is -0.342 e. The van der Waals surface area contributed by atoms with Gasteiger partial charge in [-0.25, -0.2) is 4.98 Å². The first kappa shape index (κ1) is 9.85. The van der Waals surface area contributed by atoms with Gasteiger partial charge in [-0.3, -0.25) is 0 Å². The van der Waals surface area contributed by atoms with E-state index in [9.17, 15) is 0 Å². The molecule has 0 saturated carbocycles. The van der Waals surface area contributed by atoms with Gasteiger partial charge < -0.3 is 14.8 Å². The molecule has 6 nitrogen and oxygen atoms in total. The molecule has 0 amide bonds. The average molecular weight is 207 g/mol. The summed E-state index contributed by atoms with van der Waals surface area (Å²) in [5, 5.41) is 6.91. The third kappa shape index (κ3) is 2.04. The fourth-order valence-corrected chi connectivity index (χ4v) is 1.31. The summed E-state index contributed by atoms with van der Waals surface area (Å²) >= 11 is 0. The minimum atomic E-state index is 0.200. The molecule has 0 aliphatic heterocycles. The van der Waals surface area contributed by atoms with E-state index in [-0.39, 0.29) is 5.92 Å². The highest BCUT2D eigenvalue weighted by atomic mass is 16.5. The molecule has 0 radical (unpaired) electrons. The Morgan fingerprint density at radius 3 is 3.13 bits per heavy atom. The van der Waals surface area contributed by atoms with Crippen molar-refractivity contribution in [1.82, 2.24) is 25.4 Å². The first-order chi connectivity index (χ1) is 7.31. The summed E-state index contributed by atoms with van der Waals surface area (Å²) in [5.74, 6) is 1.95. The van der Waals surface area contributed by atoms with Crippen LogP contribution in [0.3, 0.4) is 0 Å². The van der Waals surface area contributed by atoms with Gasteiger partial charge in [0.25, 0.3) is 0 Å². The van der Waals surface area contributed by atoms with E-state index >= 15 is 0 Å². The number of nitrogens with one attached hydrogen (secondary N) is 2. The van der Waals surface area contributed by atoms with E-state index in [1.54, 1.807) is 12.4 Å². The van der Waals surface area contributed by atoms with Gasteiger partial charge in [0.1, 0.15) is 0 Å². The summed E-state index contributed by atoms with van der Waals surface area (Å²) in [6, 6.07) is 0. The predicted molar refractivity (Wildman–Crippen MR) is 54.2 cm³/mol.